The van der Waals surface area contributed by atoms with Gasteiger partial charge in [0.1, 0.15) is 17.8 Å². The Morgan fingerprint density at radius 1 is 1.04 bits per heavy atom. The first-order valence-corrected chi connectivity index (χ1v) is 9.37. The molecule has 6 rings (SSSR count). The summed E-state index contributed by atoms with van der Waals surface area (Å²) >= 11 is 0. The zero-order valence-electron chi connectivity index (χ0n) is 14.8. The van der Waals surface area contributed by atoms with Crippen molar-refractivity contribution in [2.45, 2.75) is 24.4 Å². The fraction of sp³-hybridized carbons (Fsp3) is 0.381. The Labute approximate surface area is 156 Å². The Morgan fingerprint density at radius 3 is 2.74 bits per heavy atom. The maximum Gasteiger partial charge on any atom is 0.245 e. The standard InChI is InChI=1S/C21H19NO5/c23-20-21(11-25-17-9-19-18(8-15(17)21)26-12-27-19)14-5-1-2-6-16(14)22(20)10-13-4-3-7-24-13/h1-2,5-6,8-9,13H,3-4,7,10-12H2/t13-,21?/m0/s1. The quantitative estimate of drug-likeness (QED) is 0.819. The molecule has 4 aliphatic heterocycles. The molecular weight excluding hydrogens is 346 g/mol. The van der Waals surface area contributed by atoms with Crippen LogP contribution in [-0.2, 0) is 14.9 Å². The smallest absolute Gasteiger partial charge is 0.245 e. The van der Waals surface area contributed by atoms with Gasteiger partial charge in [0.25, 0.3) is 0 Å². The van der Waals surface area contributed by atoms with E-state index in [4.69, 9.17) is 18.9 Å². The molecule has 1 spiro atoms. The van der Waals surface area contributed by atoms with Gasteiger partial charge in [0, 0.05) is 23.9 Å². The van der Waals surface area contributed by atoms with Crippen molar-refractivity contribution in [1.82, 2.24) is 0 Å². The first-order chi connectivity index (χ1) is 13.3. The highest BCUT2D eigenvalue weighted by Gasteiger charge is 2.57. The minimum atomic E-state index is -0.828. The average Bonchev–Trinajstić information content (AvgIpc) is 3.46. The molecule has 4 aliphatic rings. The van der Waals surface area contributed by atoms with Crippen molar-refractivity contribution in [3.63, 3.8) is 0 Å². The normalized spacial score (nSPS) is 27.2. The monoisotopic (exact) mass is 365 g/mol. The summed E-state index contributed by atoms with van der Waals surface area (Å²) in [7, 11) is 0. The molecule has 2 aromatic rings. The highest BCUT2D eigenvalue weighted by atomic mass is 16.7. The predicted molar refractivity (Wildman–Crippen MR) is 96.6 cm³/mol. The van der Waals surface area contributed by atoms with Gasteiger partial charge >= 0.3 is 0 Å². The highest BCUT2D eigenvalue weighted by Crippen LogP contribution is 2.55. The van der Waals surface area contributed by atoms with E-state index < -0.39 is 5.41 Å². The molecule has 27 heavy (non-hydrogen) atoms. The second-order valence-electron chi connectivity index (χ2n) is 7.46. The van der Waals surface area contributed by atoms with Gasteiger partial charge in [-0.05, 0) is 30.5 Å². The summed E-state index contributed by atoms with van der Waals surface area (Å²) < 4.78 is 22.8. The van der Waals surface area contributed by atoms with Crippen molar-refractivity contribution >= 4 is 11.6 Å². The van der Waals surface area contributed by atoms with E-state index in [1.807, 2.05) is 41.3 Å². The van der Waals surface area contributed by atoms with Gasteiger partial charge in [-0.2, -0.15) is 0 Å². The van der Waals surface area contributed by atoms with Gasteiger partial charge in [-0.1, -0.05) is 18.2 Å². The molecule has 1 amide bonds. The van der Waals surface area contributed by atoms with Crippen molar-refractivity contribution in [2.75, 3.05) is 31.5 Å². The maximum atomic E-state index is 13.8. The van der Waals surface area contributed by atoms with E-state index in [2.05, 4.69) is 0 Å². The van der Waals surface area contributed by atoms with Crippen LogP contribution in [0.4, 0.5) is 5.69 Å². The molecule has 1 saturated heterocycles. The van der Waals surface area contributed by atoms with Crippen LogP contribution in [0.25, 0.3) is 0 Å². The molecule has 4 heterocycles. The Kier molecular flexibility index (Phi) is 3.06. The van der Waals surface area contributed by atoms with E-state index in [-0.39, 0.29) is 18.8 Å². The van der Waals surface area contributed by atoms with Crippen LogP contribution in [0.15, 0.2) is 36.4 Å². The summed E-state index contributed by atoms with van der Waals surface area (Å²) in [6.07, 6.45) is 2.13. The number of carbonyl (C=O) groups excluding carboxylic acids is 1. The number of anilines is 1. The SMILES string of the molecule is O=C1N(C[C@@H]2CCCO2)c2ccccc2C12COc1cc3c(cc12)OCO3. The van der Waals surface area contributed by atoms with Gasteiger partial charge in [0.2, 0.25) is 12.7 Å². The van der Waals surface area contributed by atoms with Crippen LogP contribution in [0, 0.1) is 0 Å². The molecule has 1 fully saturated rings. The van der Waals surface area contributed by atoms with Gasteiger partial charge in [-0.3, -0.25) is 4.79 Å². The van der Waals surface area contributed by atoms with Crippen molar-refractivity contribution in [3.8, 4) is 17.2 Å². The minimum absolute atomic E-state index is 0.0526. The second kappa shape index (κ2) is 5.39. The van der Waals surface area contributed by atoms with E-state index >= 15 is 0 Å². The van der Waals surface area contributed by atoms with Crippen LogP contribution in [0.2, 0.25) is 0 Å². The zero-order valence-corrected chi connectivity index (χ0v) is 14.8. The van der Waals surface area contributed by atoms with Crippen molar-refractivity contribution in [3.05, 3.63) is 47.5 Å². The summed E-state index contributed by atoms with van der Waals surface area (Å²) in [5, 5.41) is 0. The fourth-order valence-electron chi connectivity index (χ4n) is 4.74. The van der Waals surface area contributed by atoms with Crippen molar-refractivity contribution in [1.29, 1.82) is 0 Å². The molecule has 6 heteroatoms. The van der Waals surface area contributed by atoms with E-state index in [0.29, 0.717) is 30.4 Å². The van der Waals surface area contributed by atoms with E-state index in [0.717, 1.165) is 36.3 Å². The second-order valence-corrected chi connectivity index (χ2v) is 7.46. The van der Waals surface area contributed by atoms with Gasteiger partial charge in [-0.15, -0.1) is 0 Å². The number of benzene rings is 2. The van der Waals surface area contributed by atoms with Crippen molar-refractivity contribution < 1.29 is 23.7 Å². The Bertz CT molecular complexity index is 952. The maximum absolute atomic E-state index is 13.8. The number of para-hydroxylation sites is 1. The molecular formula is C21H19NO5. The third kappa shape index (κ3) is 1.96. The van der Waals surface area contributed by atoms with E-state index in [9.17, 15) is 4.79 Å². The number of carbonyl (C=O) groups is 1. The molecule has 6 nitrogen and oxygen atoms in total. The molecule has 0 saturated carbocycles. The number of ether oxygens (including phenoxy) is 4. The van der Waals surface area contributed by atoms with E-state index in [1.165, 1.54) is 0 Å². The molecule has 138 valence electrons. The molecule has 0 radical (unpaired) electrons. The van der Waals surface area contributed by atoms with Gasteiger partial charge in [-0.25, -0.2) is 0 Å². The van der Waals surface area contributed by atoms with Crippen LogP contribution < -0.4 is 19.1 Å². The number of amides is 1. The number of nitrogens with zero attached hydrogens (tertiary/aromatic N) is 1. The zero-order chi connectivity index (χ0) is 18.0. The number of rotatable bonds is 2. The first-order valence-electron chi connectivity index (χ1n) is 9.37. The number of hydrogen-bond donors (Lipinski definition) is 0. The third-order valence-corrected chi connectivity index (χ3v) is 6.05. The molecule has 2 atom stereocenters. The number of fused-ring (bicyclic) bond motifs is 5. The van der Waals surface area contributed by atoms with Crippen LogP contribution in [-0.4, -0.2) is 38.6 Å². The summed E-state index contributed by atoms with van der Waals surface area (Å²) in [6, 6.07) is 11.8. The lowest BCUT2D eigenvalue weighted by atomic mass is 9.77. The molecule has 0 bridgehead atoms. The Balaban J connectivity index is 1.49. The Hall–Kier alpha value is -2.73. The Morgan fingerprint density at radius 2 is 1.89 bits per heavy atom. The van der Waals surface area contributed by atoms with E-state index in [1.54, 1.807) is 0 Å². The van der Waals surface area contributed by atoms with Crippen LogP contribution in [0.1, 0.15) is 24.0 Å². The molecule has 1 unspecified atom stereocenters. The summed E-state index contributed by atoms with van der Waals surface area (Å²) in [6.45, 7) is 1.84. The van der Waals surface area contributed by atoms with Gasteiger partial charge in [0.15, 0.2) is 11.5 Å². The highest BCUT2D eigenvalue weighted by molar-refractivity contribution is 6.11. The molecule has 0 aromatic heterocycles. The lowest BCUT2D eigenvalue weighted by molar-refractivity contribution is -0.122. The summed E-state index contributed by atoms with van der Waals surface area (Å²) in [5.41, 5.74) is 1.97. The molecule has 0 N–H and O–H groups in total. The predicted octanol–water partition coefficient (Wildman–Crippen LogP) is 2.62. The van der Waals surface area contributed by atoms with Crippen LogP contribution >= 0.6 is 0 Å². The summed E-state index contributed by atoms with van der Waals surface area (Å²) in [5.74, 6) is 2.08. The van der Waals surface area contributed by atoms with Gasteiger partial charge in [0.05, 0.1) is 12.6 Å². The topological polar surface area (TPSA) is 57.2 Å². The largest absolute Gasteiger partial charge is 0.491 e. The van der Waals surface area contributed by atoms with Crippen LogP contribution in [0.5, 0.6) is 17.2 Å². The molecule has 2 aromatic carbocycles. The lowest BCUT2D eigenvalue weighted by Gasteiger charge is -2.24. The molecule has 0 aliphatic carbocycles. The first kappa shape index (κ1) is 15.3. The van der Waals surface area contributed by atoms with Gasteiger partial charge < -0.3 is 23.8 Å². The van der Waals surface area contributed by atoms with Crippen LogP contribution in [0.3, 0.4) is 0 Å². The average molecular weight is 365 g/mol. The summed E-state index contributed by atoms with van der Waals surface area (Å²) in [4.78, 5) is 15.6. The lowest BCUT2D eigenvalue weighted by Crippen LogP contribution is -2.44. The fourth-order valence-corrected chi connectivity index (χ4v) is 4.74. The minimum Gasteiger partial charge on any atom is -0.491 e. The third-order valence-electron chi connectivity index (χ3n) is 6.05. The number of hydrogen-bond acceptors (Lipinski definition) is 5. The van der Waals surface area contributed by atoms with Crippen molar-refractivity contribution in [2.24, 2.45) is 0 Å².